The minimum Gasteiger partial charge on any atom is -0.452 e. The molecule has 1 aromatic carbocycles. The molecule has 0 aliphatic carbocycles. The van der Waals surface area contributed by atoms with E-state index in [1.54, 1.807) is 30.5 Å². The van der Waals surface area contributed by atoms with Crippen LogP contribution in [0.25, 0.3) is 0 Å². The monoisotopic (exact) mass is 360 g/mol. The Balaban J connectivity index is 1.72. The summed E-state index contributed by atoms with van der Waals surface area (Å²) in [4.78, 5) is 27.6. The van der Waals surface area contributed by atoms with Gasteiger partial charge in [-0.05, 0) is 32.4 Å². The zero-order valence-corrected chi connectivity index (χ0v) is 15.3. The minimum absolute atomic E-state index is 0.234. The van der Waals surface area contributed by atoms with Crippen molar-refractivity contribution >= 4 is 29.3 Å². The lowest BCUT2D eigenvalue weighted by atomic mass is 10.2. The summed E-state index contributed by atoms with van der Waals surface area (Å²) in [6, 6.07) is 7.81. The van der Waals surface area contributed by atoms with Gasteiger partial charge < -0.3 is 14.2 Å². The van der Waals surface area contributed by atoms with Gasteiger partial charge in [0.1, 0.15) is 11.3 Å². The van der Waals surface area contributed by atoms with Crippen LogP contribution < -0.4 is 4.90 Å². The molecule has 0 spiro atoms. The smallest absolute Gasteiger partial charge is 0.344 e. The number of benzene rings is 1. The van der Waals surface area contributed by atoms with Crippen molar-refractivity contribution in [2.24, 2.45) is 0 Å². The van der Waals surface area contributed by atoms with Gasteiger partial charge in [0.15, 0.2) is 6.61 Å². The first-order valence-electron chi connectivity index (χ1n) is 8.13. The quantitative estimate of drug-likeness (QED) is 0.782. The number of fused-ring (bicyclic) bond motifs is 1. The van der Waals surface area contributed by atoms with Crippen molar-refractivity contribution in [1.82, 2.24) is 5.16 Å². The highest BCUT2D eigenvalue weighted by atomic mass is 32.2. The molecule has 0 saturated carbocycles. The highest BCUT2D eigenvalue weighted by Crippen LogP contribution is 2.37. The number of para-hydroxylation sites is 1. The average molecular weight is 360 g/mol. The molecule has 3 rings (SSSR count). The standard InChI is InChI=1S/C18H20N2O4S/c1-11-8-9-20(14-6-4-5-7-15(14)25-11)16(21)10-23-18(22)17-12(2)19-24-13(17)3/h4-7,11H,8-10H2,1-3H3/t11-/m1/s1. The van der Waals surface area contributed by atoms with Crippen LogP contribution in [0.3, 0.4) is 0 Å². The lowest BCUT2D eigenvalue weighted by molar-refractivity contribution is -0.121. The number of hydrogen-bond acceptors (Lipinski definition) is 6. The third-order valence-corrected chi connectivity index (χ3v) is 5.35. The van der Waals surface area contributed by atoms with E-state index in [2.05, 4.69) is 12.1 Å². The molecule has 1 atom stereocenters. The fourth-order valence-electron chi connectivity index (χ4n) is 2.80. The maximum atomic E-state index is 12.7. The predicted octanol–water partition coefficient (Wildman–Crippen LogP) is 3.37. The molecule has 132 valence electrons. The molecule has 1 aromatic heterocycles. The van der Waals surface area contributed by atoms with Gasteiger partial charge in [0.2, 0.25) is 0 Å². The number of nitrogens with zero attached hydrogens (tertiary/aromatic N) is 2. The van der Waals surface area contributed by atoms with E-state index in [9.17, 15) is 9.59 Å². The molecule has 0 unspecified atom stereocenters. The summed E-state index contributed by atoms with van der Waals surface area (Å²) in [5.41, 5.74) is 1.61. The number of hydrogen-bond donors (Lipinski definition) is 0. The molecule has 0 bridgehead atoms. The van der Waals surface area contributed by atoms with Crippen molar-refractivity contribution in [2.75, 3.05) is 18.1 Å². The molecule has 0 saturated heterocycles. The number of anilines is 1. The Morgan fingerprint density at radius 2 is 2.12 bits per heavy atom. The minimum atomic E-state index is -0.588. The van der Waals surface area contributed by atoms with E-state index in [0.29, 0.717) is 23.2 Å². The van der Waals surface area contributed by atoms with Crippen LogP contribution in [0.1, 0.15) is 35.2 Å². The fraction of sp³-hybridized carbons (Fsp3) is 0.389. The molecular weight excluding hydrogens is 340 g/mol. The Bertz CT molecular complexity index is 783. The van der Waals surface area contributed by atoms with Crippen molar-refractivity contribution in [3.05, 3.63) is 41.3 Å². The van der Waals surface area contributed by atoms with Crippen molar-refractivity contribution in [2.45, 2.75) is 37.3 Å². The van der Waals surface area contributed by atoms with E-state index >= 15 is 0 Å². The highest BCUT2D eigenvalue weighted by molar-refractivity contribution is 8.00. The number of carbonyl (C=O) groups excluding carboxylic acids is 2. The van der Waals surface area contributed by atoms with Crippen molar-refractivity contribution in [3.8, 4) is 0 Å². The van der Waals surface area contributed by atoms with Crippen LogP contribution in [-0.2, 0) is 9.53 Å². The van der Waals surface area contributed by atoms with Gasteiger partial charge in [-0.3, -0.25) is 4.79 Å². The lowest BCUT2D eigenvalue weighted by Gasteiger charge is -2.22. The van der Waals surface area contributed by atoms with Crippen LogP contribution in [0.15, 0.2) is 33.7 Å². The lowest BCUT2D eigenvalue weighted by Crippen LogP contribution is -2.35. The SMILES string of the molecule is Cc1noc(C)c1C(=O)OCC(=O)N1CC[C@@H](C)Sc2ccccc21. The molecule has 1 amide bonds. The van der Waals surface area contributed by atoms with Crippen LogP contribution in [-0.4, -0.2) is 35.4 Å². The van der Waals surface area contributed by atoms with E-state index in [0.717, 1.165) is 17.0 Å². The molecule has 0 radical (unpaired) electrons. The molecular formula is C18H20N2O4S. The van der Waals surface area contributed by atoms with Crippen LogP contribution >= 0.6 is 11.8 Å². The normalized spacial score (nSPS) is 16.9. The van der Waals surface area contributed by atoms with Crippen LogP contribution in [0.5, 0.6) is 0 Å². The Morgan fingerprint density at radius 1 is 1.36 bits per heavy atom. The van der Waals surface area contributed by atoms with Gasteiger partial charge >= 0.3 is 5.97 Å². The number of thioether (sulfide) groups is 1. The second-order valence-corrected chi connectivity index (χ2v) is 7.49. The van der Waals surface area contributed by atoms with Gasteiger partial charge in [-0.15, -0.1) is 11.8 Å². The first-order chi connectivity index (χ1) is 12.0. The van der Waals surface area contributed by atoms with Crippen LogP contribution in [0.4, 0.5) is 5.69 Å². The Kier molecular flexibility index (Phi) is 5.13. The van der Waals surface area contributed by atoms with Gasteiger partial charge in [-0.25, -0.2) is 4.79 Å². The maximum absolute atomic E-state index is 12.7. The number of aromatic nitrogens is 1. The summed E-state index contributed by atoms with van der Waals surface area (Å²) in [6.07, 6.45) is 0.878. The van der Waals surface area contributed by atoms with Crippen molar-refractivity contribution in [1.29, 1.82) is 0 Å². The molecule has 0 N–H and O–H groups in total. The summed E-state index contributed by atoms with van der Waals surface area (Å²) in [7, 11) is 0. The van der Waals surface area contributed by atoms with E-state index in [4.69, 9.17) is 9.26 Å². The Labute approximate surface area is 150 Å². The second kappa shape index (κ2) is 7.31. The van der Waals surface area contributed by atoms with E-state index < -0.39 is 5.97 Å². The first-order valence-corrected chi connectivity index (χ1v) is 9.01. The molecule has 1 aliphatic rings. The summed E-state index contributed by atoms with van der Waals surface area (Å²) >= 11 is 1.76. The van der Waals surface area contributed by atoms with Gasteiger partial charge in [0.05, 0.1) is 11.4 Å². The zero-order chi connectivity index (χ0) is 18.0. The number of esters is 1. The van der Waals surface area contributed by atoms with E-state index in [1.165, 1.54) is 0 Å². The topological polar surface area (TPSA) is 72.6 Å². The summed E-state index contributed by atoms with van der Waals surface area (Å²) in [6.45, 7) is 5.75. The number of ether oxygens (including phenoxy) is 1. The van der Waals surface area contributed by atoms with Gasteiger partial charge in [-0.1, -0.05) is 24.2 Å². The summed E-state index contributed by atoms with van der Waals surface area (Å²) in [5, 5.41) is 4.15. The van der Waals surface area contributed by atoms with Crippen molar-refractivity contribution in [3.63, 3.8) is 0 Å². The highest BCUT2D eigenvalue weighted by Gasteiger charge is 2.26. The summed E-state index contributed by atoms with van der Waals surface area (Å²) in [5.74, 6) is -0.432. The number of aryl methyl sites for hydroxylation is 2. The van der Waals surface area contributed by atoms with E-state index in [1.807, 2.05) is 24.3 Å². The number of carbonyl (C=O) groups is 2. The largest absolute Gasteiger partial charge is 0.452 e. The molecule has 6 nitrogen and oxygen atoms in total. The number of amides is 1. The van der Waals surface area contributed by atoms with Gasteiger partial charge in [0, 0.05) is 16.7 Å². The molecule has 2 heterocycles. The predicted molar refractivity (Wildman–Crippen MR) is 95.0 cm³/mol. The maximum Gasteiger partial charge on any atom is 0.344 e. The van der Waals surface area contributed by atoms with Crippen LogP contribution in [0, 0.1) is 13.8 Å². The molecule has 2 aromatic rings. The number of rotatable bonds is 3. The first kappa shape index (κ1) is 17.5. The Morgan fingerprint density at radius 3 is 2.84 bits per heavy atom. The van der Waals surface area contributed by atoms with Crippen LogP contribution in [0.2, 0.25) is 0 Å². The fourth-order valence-corrected chi connectivity index (χ4v) is 3.91. The summed E-state index contributed by atoms with van der Waals surface area (Å²) < 4.78 is 10.2. The third-order valence-electron chi connectivity index (χ3n) is 4.11. The molecule has 1 aliphatic heterocycles. The van der Waals surface area contributed by atoms with Gasteiger partial charge in [0.25, 0.3) is 5.91 Å². The zero-order valence-electron chi connectivity index (χ0n) is 14.4. The Hall–Kier alpha value is -2.28. The van der Waals surface area contributed by atoms with Crippen molar-refractivity contribution < 1.29 is 18.8 Å². The third kappa shape index (κ3) is 3.71. The second-order valence-electron chi connectivity index (χ2n) is 6.01. The van der Waals surface area contributed by atoms with Gasteiger partial charge in [-0.2, -0.15) is 0 Å². The molecule has 7 heteroatoms. The molecule has 0 fully saturated rings. The molecule has 25 heavy (non-hydrogen) atoms. The average Bonchev–Trinajstić information content (AvgIpc) is 2.82. The van der Waals surface area contributed by atoms with E-state index in [-0.39, 0.29) is 18.1 Å².